The monoisotopic (exact) mass is 320 g/mol. The number of nitrogens with two attached hydrogens (primary N) is 1. The van der Waals surface area contributed by atoms with Crippen LogP contribution >= 0.6 is 11.6 Å². The van der Waals surface area contributed by atoms with Gasteiger partial charge in [-0.1, -0.05) is 37.8 Å². The molecule has 0 fully saturated rings. The van der Waals surface area contributed by atoms with E-state index in [1.165, 1.54) is 12.3 Å². The van der Waals surface area contributed by atoms with Crippen molar-refractivity contribution in [2.24, 2.45) is 5.84 Å². The van der Waals surface area contributed by atoms with Gasteiger partial charge in [0, 0.05) is 12.2 Å². The van der Waals surface area contributed by atoms with Gasteiger partial charge in [0.15, 0.2) is 5.82 Å². The normalized spacial score (nSPS) is 13.2. The van der Waals surface area contributed by atoms with Crippen molar-refractivity contribution in [3.63, 3.8) is 0 Å². The predicted octanol–water partition coefficient (Wildman–Crippen LogP) is 2.27. The van der Waals surface area contributed by atoms with Gasteiger partial charge in [0.05, 0.1) is 5.02 Å². The summed E-state index contributed by atoms with van der Waals surface area (Å²) >= 11 is 5.88. The van der Waals surface area contributed by atoms with Gasteiger partial charge in [0.25, 0.3) is 0 Å². The van der Waals surface area contributed by atoms with Gasteiger partial charge in [-0.25, -0.2) is 24.0 Å². The number of hydrogen-bond donors (Lipinski definition) is 3. The molecule has 1 aromatic rings. The van der Waals surface area contributed by atoms with E-state index < -0.39 is 10.0 Å². The summed E-state index contributed by atoms with van der Waals surface area (Å²) in [4.78, 5) is 3.89. The van der Waals surface area contributed by atoms with Crippen LogP contribution in [0.2, 0.25) is 5.02 Å². The lowest BCUT2D eigenvalue weighted by atomic mass is 10.1. The van der Waals surface area contributed by atoms with E-state index >= 15 is 0 Å². The van der Waals surface area contributed by atoms with Crippen LogP contribution in [-0.4, -0.2) is 19.4 Å². The molecule has 1 heterocycles. The van der Waals surface area contributed by atoms with Gasteiger partial charge in [-0.3, -0.25) is 0 Å². The predicted molar refractivity (Wildman–Crippen MR) is 81.0 cm³/mol. The zero-order valence-electron chi connectivity index (χ0n) is 11.7. The van der Waals surface area contributed by atoms with Crippen molar-refractivity contribution in [1.29, 1.82) is 0 Å². The first-order valence-electron chi connectivity index (χ1n) is 6.55. The van der Waals surface area contributed by atoms with Crippen LogP contribution in [0.15, 0.2) is 17.2 Å². The van der Waals surface area contributed by atoms with Crippen molar-refractivity contribution in [1.82, 2.24) is 9.71 Å². The van der Waals surface area contributed by atoms with Crippen molar-refractivity contribution in [3.8, 4) is 0 Å². The Labute approximate surface area is 125 Å². The minimum absolute atomic E-state index is 0.0313. The van der Waals surface area contributed by atoms with E-state index in [0.29, 0.717) is 0 Å². The standard InChI is InChI=1S/C12H21ClN4O2S/c1-3-4-5-6-9(2)17-20(18,19)10-7-11(13)12(16-14)15-8-10/h7-9,17H,3-6,14H2,1-2H3,(H,15,16). The second-order valence-electron chi connectivity index (χ2n) is 4.66. The number of hydrazine groups is 1. The number of pyridine rings is 1. The molecule has 0 aromatic carbocycles. The first kappa shape index (κ1) is 17.2. The van der Waals surface area contributed by atoms with Gasteiger partial charge in [0.2, 0.25) is 10.0 Å². The molecule has 0 radical (unpaired) electrons. The molecular formula is C12H21ClN4O2S. The molecule has 0 aliphatic heterocycles. The van der Waals surface area contributed by atoms with Crippen molar-refractivity contribution >= 4 is 27.4 Å². The Bertz CT molecular complexity index is 536. The molecule has 114 valence electrons. The van der Waals surface area contributed by atoms with Crippen LogP contribution in [0.25, 0.3) is 0 Å². The molecule has 0 spiro atoms. The summed E-state index contributed by atoms with van der Waals surface area (Å²) < 4.78 is 26.9. The van der Waals surface area contributed by atoms with Gasteiger partial charge in [0.1, 0.15) is 4.90 Å². The molecule has 0 amide bonds. The second kappa shape index (κ2) is 7.78. The lowest BCUT2D eigenvalue weighted by molar-refractivity contribution is 0.527. The Morgan fingerprint density at radius 2 is 2.15 bits per heavy atom. The summed E-state index contributed by atoms with van der Waals surface area (Å²) in [7, 11) is -3.61. The van der Waals surface area contributed by atoms with Crippen LogP contribution in [0.4, 0.5) is 5.82 Å². The molecule has 6 nitrogen and oxygen atoms in total. The summed E-state index contributed by atoms with van der Waals surface area (Å²) in [5.74, 6) is 5.43. The number of nitrogens with one attached hydrogen (secondary N) is 2. The molecular weight excluding hydrogens is 300 g/mol. The van der Waals surface area contributed by atoms with Crippen molar-refractivity contribution in [2.45, 2.75) is 50.5 Å². The first-order chi connectivity index (χ1) is 9.40. The largest absolute Gasteiger partial charge is 0.307 e. The number of nitrogens with zero attached hydrogens (tertiary/aromatic N) is 1. The van der Waals surface area contributed by atoms with Crippen molar-refractivity contribution in [2.75, 3.05) is 5.43 Å². The van der Waals surface area contributed by atoms with Crippen LogP contribution in [0.1, 0.15) is 39.5 Å². The fourth-order valence-corrected chi connectivity index (χ4v) is 3.30. The maximum atomic E-state index is 12.2. The average Bonchev–Trinajstić information content (AvgIpc) is 2.38. The van der Waals surface area contributed by atoms with Gasteiger partial charge in [-0.2, -0.15) is 0 Å². The van der Waals surface area contributed by atoms with Crippen LogP contribution in [-0.2, 0) is 10.0 Å². The maximum absolute atomic E-state index is 12.2. The summed E-state index contributed by atoms with van der Waals surface area (Å²) in [6.07, 6.45) is 5.22. The highest BCUT2D eigenvalue weighted by atomic mass is 35.5. The Hall–Kier alpha value is -0.890. The minimum atomic E-state index is -3.61. The molecule has 20 heavy (non-hydrogen) atoms. The molecule has 1 aromatic heterocycles. The fourth-order valence-electron chi connectivity index (χ4n) is 1.77. The maximum Gasteiger partial charge on any atom is 0.242 e. The third-order valence-electron chi connectivity index (χ3n) is 2.86. The first-order valence-corrected chi connectivity index (χ1v) is 8.41. The number of rotatable bonds is 8. The number of unbranched alkanes of at least 4 members (excludes halogenated alkanes) is 2. The zero-order chi connectivity index (χ0) is 15.2. The van der Waals surface area contributed by atoms with E-state index in [9.17, 15) is 8.42 Å². The number of halogens is 1. The molecule has 0 aliphatic rings. The highest BCUT2D eigenvalue weighted by molar-refractivity contribution is 7.89. The topological polar surface area (TPSA) is 97.1 Å². The van der Waals surface area contributed by atoms with E-state index in [1.54, 1.807) is 0 Å². The molecule has 4 N–H and O–H groups in total. The van der Waals surface area contributed by atoms with Crippen LogP contribution in [0.3, 0.4) is 0 Å². The highest BCUT2D eigenvalue weighted by Gasteiger charge is 2.19. The van der Waals surface area contributed by atoms with E-state index in [0.717, 1.165) is 25.7 Å². The van der Waals surface area contributed by atoms with Gasteiger partial charge < -0.3 is 5.43 Å². The van der Waals surface area contributed by atoms with Crippen molar-refractivity contribution < 1.29 is 8.42 Å². The van der Waals surface area contributed by atoms with Crippen molar-refractivity contribution in [3.05, 3.63) is 17.3 Å². The third kappa shape index (κ3) is 4.90. The molecule has 0 aliphatic carbocycles. The molecule has 0 bridgehead atoms. The average molecular weight is 321 g/mol. The molecule has 0 saturated carbocycles. The number of sulfonamides is 1. The highest BCUT2D eigenvalue weighted by Crippen LogP contribution is 2.21. The van der Waals surface area contributed by atoms with Gasteiger partial charge in [-0.15, -0.1) is 0 Å². The van der Waals surface area contributed by atoms with Crippen LogP contribution < -0.4 is 16.0 Å². The quantitative estimate of drug-likeness (QED) is 0.388. The summed E-state index contributed by atoms with van der Waals surface area (Å²) in [5, 5.41) is 0.161. The molecule has 1 unspecified atom stereocenters. The number of nitrogen functional groups attached to an aromatic ring is 1. The lowest BCUT2D eigenvalue weighted by Gasteiger charge is -2.14. The van der Waals surface area contributed by atoms with E-state index in [-0.39, 0.29) is 21.8 Å². The van der Waals surface area contributed by atoms with Crippen LogP contribution in [0.5, 0.6) is 0 Å². The zero-order valence-corrected chi connectivity index (χ0v) is 13.3. The van der Waals surface area contributed by atoms with E-state index in [1.807, 2.05) is 6.92 Å². The van der Waals surface area contributed by atoms with Gasteiger partial charge >= 0.3 is 0 Å². The molecule has 8 heteroatoms. The Kier molecular flexibility index (Phi) is 6.67. The Morgan fingerprint density at radius 3 is 2.70 bits per heavy atom. The summed E-state index contributed by atoms with van der Waals surface area (Å²) in [5.41, 5.74) is 2.29. The second-order valence-corrected chi connectivity index (χ2v) is 6.79. The SMILES string of the molecule is CCCCCC(C)NS(=O)(=O)c1cnc(NN)c(Cl)c1. The van der Waals surface area contributed by atoms with E-state index in [4.69, 9.17) is 17.4 Å². The van der Waals surface area contributed by atoms with Gasteiger partial charge in [-0.05, 0) is 19.4 Å². The third-order valence-corrected chi connectivity index (χ3v) is 4.70. The summed E-state index contributed by atoms with van der Waals surface area (Å²) in [6.45, 7) is 3.95. The number of anilines is 1. The lowest BCUT2D eigenvalue weighted by Crippen LogP contribution is -2.32. The minimum Gasteiger partial charge on any atom is -0.307 e. The number of aromatic nitrogens is 1. The smallest absolute Gasteiger partial charge is 0.242 e. The number of hydrogen-bond acceptors (Lipinski definition) is 5. The molecule has 1 rings (SSSR count). The van der Waals surface area contributed by atoms with Crippen LogP contribution in [0, 0.1) is 0 Å². The molecule has 0 saturated heterocycles. The van der Waals surface area contributed by atoms with E-state index in [2.05, 4.69) is 22.1 Å². The fraction of sp³-hybridized carbons (Fsp3) is 0.583. The Morgan fingerprint density at radius 1 is 1.45 bits per heavy atom. The molecule has 1 atom stereocenters. The Balaban J connectivity index is 2.75. The summed E-state index contributed by atoms with van der Waals surface area (Å²) in [6, 6.07) is 1.20.